The van der Waals surface area contributed by atoms with Crippen LogP contribution in [-0.4, -0.2) is 52.0 Å². The number of amides is 2. The summed E-state index contributed by atoms with van der Waals surface area (Å²) in [7, 11) is 0. The highest BCUT2D eigenvalue weighted by atomic mass is 32.2. The Labute approximate surface area is 104 Å². The molecule has 1 aliphatic rings. The van der Waals surface area contributed by atoms with E-state index in [4.69, 9.17) is 5.11 Å². The van der Waals surface area contributed by atoms with E-state index < -0.39 is 17.9 Å². The van der Waals surface area contributed by atoms with Crippen LogP contribution in [0.3, 0.4) is 0 Å². The predicted molar refractivity (Wildman–Crippen MR) is 63.5 cm³/mol. The lowest BCUT2D eigenvalue weighted by atomic mass is 10.1. The second-order valence-electron chi connectivity index (χ2n) is 3.82. The Morgan fingerprint density at radius 2 is 2.29 bits per heavy atom. The number of rotatable bonds is 6. The summed E-state index contributed by atoms with van der Waals surface area (Å²) in [6.45, 7) is 1.79. The number of thioether (sulfide) groups is 1. The van der Waals surface area contributed by atoms with Crippen LogP contribution in [0, 0.1) is 0 Å². The summed E-state index contributed by atoms with van der Waals surface area (Å²) in [6.07, 6.45) is 1.07. The summed E-state index contributed by atoms with van der Waals surface area (Å²) in [4.78, 5) is 35.1. The number of hydrogen-bond donors (Lipinski definition) is 2. The number of nitrogens with one attached hydrogen (secondary N) is 1. The van der Waals surface area contributed by atoms with Gasteiger partial charge in [0.25, 0.3) is 0 Å². The van der Waals surface area contributed by atoms with Gasteiger partial charge in [-0.2, -0.15) is 0 Å². The SMILES string of the molecule is CCC[C@H](NC(=O)CN1CSCC1=O)C(=O)O. The third kappa shape index (κ3) is 4.26. The van der Waals surface area contributed by atoms with Gasteiger partial charge in [0, 0.05) is 0 Å². The highest BCUT2D eigenvalue weighted by Crippen LogP contribution is 2.14. The molecule has 0 radical (unpaired) electrons. The zero-order valence-electron chi connectivity index (χ0n) is 9.64. The quantitative estimate of drug-likeness (QED) is 0.696. The highest BCUT2D eigenvalue weighted by molar-refractivity contribution is 8.00. The fourth-order valence-corrected chi connectivity index (χ4v) is 2.40. The molecule has 2 amide bonds. The average molecular weight is 260 g/mol. The number of carboxylic acids is 1. The van der Waals surface area contributed by atoms with Gasteiger partial charge in [0.15, 0.2) is 0 Å². The summed E-state index contributed by atoms with van der Waals surface area (Å²) in [5.41, 5.74) is 0. The van der Waals surface area contributed by atoms with Crippen molar-refractivity contribution in [1.29, 1.82) is 0 Å². The van der Waals surface area contributed by atoms with Crippen molar-refractivity contribution < 1.29 is 19.5 Å². The standard InChI is InChI=1S/C10H16N2O4S/c1-2-3-7(10(15)16)11-8(13)4-12-6-17-5-9(12)14/h7H,2-6H2,1H3,(H,11,13)(H,15,16)/t7-/m0/s1. The smallest absolute Gasteiger partial charge is 0.326 e. The van der Waals surface area contributed by atoms with Crippen molar-refractivity contribution >= 4 is 29.5 Å². The Hall–Kier alpha value is -1.24. The monoisotopic (exact) mass is 260 g/mol. The molecule has 2 N–H and O–H groups in total. The first-order valence-corrected chi connectivity index (χ1v) is 6.57. The molecule has 0 aliphatic carbocycles. The second kappa shape index (κ2) is 6.48. The molecule has 0 bridgehead atoms. The molecule has 6 nitrogen and oxygen atoms in total. The summed E-state index contributed by atoms with van der Waals surface area (Å²) in [6, 6.07) is -0.863. The Kier molecular flexibility index (Phi) is 5.27. The molecule has 96 valence electrons. The minimum atomic E-state index is -1.04. The van der Waals surface area contributed by atoms with E-state index in [0.29, 0.717) is 24.5 Å². The molecule has 1 heterocycles. The van der Waals surface area contributed by atoms with Crippen LogP contribution in [0.5, 0.6) is 0 Å². The lowest BCUT2D eigenvalue weighted by Gasteiger charge is -2.17. The molecule has 1 saturated heterocycles. The molecule has 1 rings (SSSR count). The molecular formula is C10H16N2O4S. The Morgan fingerprint density at radius 3 is 2.76 bits per heavy atom. The first-order valence-electron chi connectivity index (χ1n) is 5.42. The van der Waals surface area contributed by atoms with Gasteiger partial charge in [-0.3, -0.25) is 9.59 Å². The van der Waals surface area contributed by atoms with Crippen molar-refractivity contribution in [3.63, 3.8) is 0 Å². The number of aliphatic carboxylic acids is 1. The van der Waals surface area contributed by atoms with E-state index in [9.17, 15) is 14.4 Å². The molecule has 7 heteroatoms. The number of hydrogen-bond acceptors (Lipinski definition) is 4. The van der Waals surface area contributed by atoms with Gasteiger partial charge in [-0.05, 0) is 6.42 Å². The summed E-state index contributed by atoms with van der Waals surface area (Å²) in [5.74, 6) is -0.640. The van der Waals surface area contributed by atoms with Crippen LogP contribution >= 0.6 is 11.8 Å². The van der Waals surface area contributed by atoms with Crippen LogP contribution in [0.4, 0.5) is 0 Å². The maximum Gasteiger partial charge on any atom is 0.326 e. The second-order valence-corrected chi connectivity index (χ2v) is 4.77. The van der Waals surface area contributed by atoms with Crippen molar-refractivity contribution in [2.24, 2.45) is 0 Å². The van der Waals surface area contributed by atoms with E-state index >= 15 is 0 Å². The normalized spacial score (nSPS) is 17.0. The van der Waals surface area contributed by atoms with Gasteiger partial charge < -0.3 is 15.3 Å². The van der Waals surface area contributed by atoms with E-state index in [1.54, 1.807) is 0 Å². The third-order valence-electron chi connectivity index (χ3n) is 2.37. The van der Waals surface area contributed by atoms with Gasteiger partial charge >= 0.3 is 5.97 Å². The van der Waals surface area contributed by atoms with Crippen molar-refractivity contribution in [3.05, 3.63) is 0 Å². The van der Waals surface area contributed by atoms with E-state index in [-0.39, 0.29) is 12.5 Å². The molecule has 0 aromatic heterocycles. The molecule has 17 heavy (non-hydrogen) atoms. The van der Waals surface area contributed by atoms with Crippen molar-refractivity contribution in [2.75, 3.05) is 18.2 Å². The van der Waals surface area contributed by atoms with Gasteiger partial charge in [-0.25, -0.2) is 4.79 Å². The van der Waals surface area contributed by atoms with Crippen molar-refractivity contribution in [3.8, 4) is 0 Å². The minimum absolute atomic E-state index is 0.0562. The molecule has 0 unspecified atom stereocenters. The zero-order chi connectivity index (χ0) is 12.8. The molecule has 1 fully saturated rings. The van der Waals surface area contributed by atoms with Gasteiger partial charge in [-0.15, -0.1) is 11.8 Å². The highest BCUT2D eigenvalue weighted by Gasteiger charge is 2.25. The van der Waals surface area contributed by atoms with Crippen LogP contribution in [0.25, 0.3) is 0 Å². The average Bonchev–Trinajstić information content (AvgIpc) is 2.63. The predicted octanol–water partition coefficient (Wildman–Crippen LogP) is -0.111. The maximum absolute atomic E-state index is 11.6. The summed E-state index contributed by atoms with van der Waals surface area (Å²) in [5, 5.41) is 11.3. The van der Waals surface area contributed by atoms with Crippen LogP contribution in [0.1, 0.15) is 19.8 Å². The Morgan fingerprint density at radius 1 is 1.59 bits per heavy atom. The fourth-order valence-electron chi connectivity index (χ4n) is 1.50. The molecule has 0 saturated carbocycles. The van der Waals surface area contributed by atoms with E-state index in [0.717, 1.165) is 0 Å². The molecule has 0 aromatic carbocycles. The summed E-state index contributed by atoms with van der Waals surface area (Å²) < 4.78 is 0. The van der Waals surface area contributed by atoms with Gasteiger partial charge in [0.2, 0.25) is 11.8 Å². The lowest BCUT2D eigenvalue weighted by Crippen LogP contribution is -2.45. The molecule has 0 aromatic rings. The topological polar surface area (TPSA) is 86.7 Å². The Bertz CT molecular complexity index is 321. The van der Waals surface area contributed by atoms with Gasteiger partial charge in [0.1, 0.15) is 12.6 Å². The molecule has 1 aliphatic heterocycles. The number of carboxylic acid groups (broad SMARTS) is 1. The van der Waals surface area contributed by atoms with Crippen LogP contribution in [0.15, 0.2) is 0 Å². The van der Waals surface area contributed by atoms with Crippen molar-refractivity contribution in [1.82, 2.24) is 10.2 Å². The molecule has 0 spiro atoms. The largest absolute Gasteiger partial charge is 0.480 e. The van der Waals surface area contributed by atoms with Gasteiger partial charge in [0.05, 0.1) is 11.6 Å². The third-order valence-corrected chi connectivity index (χ3v) is 3.32. The zero-order valence-corrected chi connectivity index (χ0v) is 10.5. The first-order chi connectivity index (χ1) is 8.04. The Balaban J connectivity index is 2.41. The van der Waals surface area contributed by atoms with Crippen LogP contribution < -0.4 is 5.32 Å². The number of carbonyl (C=O) groups excluding carboxylic acids is 2. The summed E-state index contributed by atoms with van der Waals surface area (Å²) >= 11 is 1.45. The van der Waals surface area contributed by atoms with Crippen LogP contribution in [-0.2, 0) is 14.4 Å². The number of carbonyl (C=O) groups is 3. The fraction of sp³-hybridized carbons (Fsp3) is 0.700. The van der Waals surface area contributed by atoms with E-state index in [1.807, 2.05) is 6.92 Å². The van der Waals surface area contributed by atoms with E-state index in [1.165, 1.54) is 16.7 Å². The van der Waals surface area contributed by atoms with Crippen LogP contribution in [0.2, 0.25) is 0 Å². The molecule has 1 atom stereocenters. The lowest BCUT2D eigenvalue weighted by molar-refractivity contribution is -0.142. The molecular weight excluding hydrogens is 244 g/mol. The first kappa shape index (κ1) is 13.8. The van der Waals surface area contributed by atoms with Crippen molar-refractivity contribution in [2.45, 2.75) is 25.8 Å². The number of nitrogens with zero attached hydrogens (tertiary/aromatic N) is 1. The van der Waals surface area contributed by atoms with Gasteiger partial charge in [-0.1, -0.05) is 13.3 Å². The minimum Gasteiger partial charge on any atom is -0.480 e. The van der Waals surface area contributed by atoms with E-state index in [2.05, 4.69) is 5.32 Å². The maximum atomic E-state index is 11.6.